The van der Waals surface area contributed by atoms with Crippen molar-refractivity contribution >= 4 is 18.3 Å². The molecule has 3 aliphatic rings. The van der Waals surface area contributed by atoms with Gasteiger partial charge in [0, 0.05) is 18.0 Å². The number of piperidine rings is 1. The Morgan fingerprint density at radius 2 is 1.72 bits per heavy atom. The van der Waals surface area contributed by atoms with Crippen LogP contribution in [0.5, 0.6) is 0 Å². The van der Waals surface area contributed by atoms with Crippen molar-refractivity contribution in [2.24, 2.45) is 11.8 Å². The SMILES string of the molecule is CC(C1CC1)N(C(=O)C1CCNCC1)C1CC1.Cl. The molecule has 1 atom stereocenters. The number of nitrogens with one attached hydrogen (secondary N) is 1. The molecule has 1 heterocycles. The summed E-state index contributed by atoms with van der Waals surface area (Å²) in [4.78, 5) is 14.9. The van der Waals surface area contributed by atoms with Crippen LogP contribution < -0.4 is 5.32 Å². The Balaban J connectivity index is 0.00000120. The fourth-order valence-electron chi connectivity index (χ4n) is 3.15. The predicted octanol–water partition coefficient (Wildman–Crippen LogP) is 2.20. The zero-order chi connectivity index (χ0) is 11.8. The van der Waals surface area contributed by atoms with Crippen LogP contribution in [0, 0.1) is 11.8 Å². The van der Waals surface area contributed by atoms with E-state index in [0.717, 1.165) is 31.8 Å². The molecule has 1 saturated heterocycles. The maximum atomic E-state index is 12.7. The molecule has 0 aromatic heterocycles. The quantitative estimate of drug-likeness (QED) is 0.851. The lowest BCUT2D eigenvalue weighted by atomic mass is 9.95. The van der Waals surface area contributed by atoms with Gasteiger partial charge in [0.1, 0.15) is 0 Å². The third-order valence-electron chi connectivity index (χ3n) is 4.63. The Kier molecular flexibility index (Phi) is 4.54. The molecule has 4 heteroatoms. The molecule has 0 bridgehead atoms. The van der Waals surface area contributed by atoms with E-state index in [2.05, 4.69) is 17.1 Å². The maximum Gasteiger partial charge on any atom is 0.226 e. The van der Waals surface area contributed by atoms with E-state index in [9.17, 15) is 4.79 Å². The molecule has 1 amide bonds. The summed E-state index contributed by atoms with van der Waals surface area (Å²) in [5, 5.41) is 3.35. The molecular formula is C14H25ClN2O. The smallest absolute Gasteiger partial charge is 0.226 e. The molecule has 0 aromatic carbocycles. The van der Waals surface area contributed by atoms with Gasteiger partial charge in [-0.15, -0.1) is 12.4 Å². The lowest BCUT2D eigenvalue weighted by Crippen LogP contribution is -2.47. The molecule has 18 heavy (non-hydrogen) atoms. The Bertz CT molecular complexity index is 296. The van der Waals surface area contributed by atoms with Crippen LogP contribution in [0.2, 0.25) is 0 Å². The average Bonchev–Trinajstić information content (AvgIpc) is 3.21. The summed E-state index contributed by atoms with van der Waals surface area (Å²) in [6.07, 6.45) is 7.24. The molecule has 1 unspecified atom stereocenters. The molecule has 0 spiro atoms. The zero-order valence-corrected chi connectivity index (χ0v) is 12.0. The lowest BCUT2D eigenvalue weighted by Gasteiger charge is -2.34. The molecule has 2 saturated carbocycles. The van der Waals surface area contributed by atoms with Gasteiger partial charge in [0.25, 0.3) is 0 Å². The topological polar surface area (TPSA) is 32.3 Å². The molecule has 0 radical (unpaired) electrons. The summed E-state index contributed by atoms with van der Waals surface area (Å²) in [5.41, 5.74) is 0. The average molecular weight is 273 g/mol. The van der Waals surface area contributed by atoms with Gasteiger partial charge in [0.2, 0.25) is 5.91 Å². The fraction of sp³-hybridized carbons (Fsp3) is 0.929. The molecule has 104 valence electrons. The van der Waals surface area contributed by atoms with Gasteiger partial charge in [-0.1, -0.05) is 0 Å². The van der Waals surface area contributed by atoms with Crippen molar-refractivity contribution in [3.8, 4) is 0 Å². The van der Waals surface area contributed by atoms with Crippen molar-refractivity contribution in [2.45, 2.75) is 57.5 Å². The third-order valence-corrected chi connectivity index (χ3v) is 4.63. The van der Waals surface area contributed by atoms with Crippen LogP contribution >= 0.6 is 12.4 Å². The van der Waals surface area contributed by atoms with Crippen LogP contribution in [0.15, 0.2) is 0 Å². The van der Waals surface area contributed by atoms with Gasteiger partial charge >= 0.3 is 0 Å². The Morgan fingerprint density at radius 1 is 1.11 bits per heavy atom. The summed E-state index contributed by atoms with van der Waals surface area (Å²) in [6.45, 7) is 4.31. The van der Waals surface area contributed by atoms with Gasteiger partial charge in [-0.2, -0.15) is 0 Å². The van der Waals surface area contributed by atoms with Crippen molar-refractivity contribution in [2.75, 3.05) is 13.1 Å². The second-order valence-electron chi connectivity index (χ2n) is 6.08. The van der Waals surface area contributed by atoms with Gasteiger partial charge < -0.3 is 10.2 Å². The van der Waals surface area contributed by atoms with E-state index >= 15 is 0 Å². The molecular weight excluding hydrogens is 248 g/mol. The number of carbonyl (C=O) groups excluding carboxylic acids is 1. The monoisotopic (exact) mass is 272 g/mol. The van der Waals surface area contributed by atoms with E-state index in [4.69, 9.17) is 0 Å². The number of amides is 1. The Morgan fingerprint density at radius 3 is 2.22 bits per heavy atom. The van der Waals surface area contributed by atoms with E-state index in [0.29, 0.717) is 23.9 Å². The number of nitrogens with zero attached hydrogens (tertiary/aromatic N) is 1. The maximum absolute atomic E-state index is 12.7. The van der Waals surface area contributed by atoms with E-state index in [1.807, 2.05) is 0 Å². The lowest BCUT2D eigenvalue weighted by molar-refractivity contribution is -0.139. The Hall–Kier alpha value is -0.280. The summed E-state index contributed by atoms with van der Waals surface area (Å²) >= 11 is 0. The summed E-state index contributed by atoms with van der Waals surface area (Å²) in [6, 6.07) is 1.10. The highest BCUT2D eigenvalue weighted by molar-refractivity contribution is 5.85. The molecule has 0 aromatic rings. The summed E-state index contributed by atoms with van der Waals surface area (Å²) in [5.74, 6) is 1.58. The number of hydrogen-bond donors (Lipinski definition) is 1. The number of hydrogen-bond acceptors (Lipinski definition) is 2. The third kappa shape index (κ3) is 3.00. The van der Waals surface area contributed by atoms with Crippen LogP contribution in [0.1, 0.15) is 45.4 Å². The first kappa shape index (κ1) is 14.1. The zero-order valence-electron chi connectivity index (χ0n) is 11.2. The minimum absolute atomic E-state index is 0. The number of rotatable bonds is 4. The van der Waals surface area contributed by atoms with E-state index in [1.54, 1.807) is 0 Å². The molecule has 3 rings (SSSR count). The van der Waals surface area contributed by atoms with Crippen LogP contribution in [-0.4, -0.2) is 36.0 Å². The number of carbonyl (C=O) groups is 1. The van der Waals surface area contributed by atoms with Crippen molar-refractivity contribution in [3.63, 3.8) is 0 Å². The van der Waals surface area contributed by atoms with Gasteiger partial charge in [-0.05, 0) is 64.5 Å². The predicted molar refractivity (Wildman–Crippen MR) is 74.9 cm³/mol. The standard InChI is InChI=1S/C14H24N2O.ClH/c1-10(11-2-3-11)16(13-4-5-13)14(17)12-6-8-15-9-7-12;/h10-13,15H,2-9H2,1H3;1H. The van der Waals surface area contributed by atoms with Crippen molar-refractivity contribution < 1.29 is 4.79 Å². The molecule has 1 aliphatic heterocycles. The van der Waals surface area contributed by atoms with Crippen LogP contribution in [0.4, 0.5) is 0 Å². The van der Waals surface area contributed by atoms with Gasteiger partial charge in [-0.25, -0.2) is 0 Å². The van der Waals surface area contributed by atoms with Crippen LogP contribution in [0.25, 0.3) is 0 Å². The minimum atomic E-state index is 0. The highest BCUT2D eigenvalue weighted by Crippen LogP contribution is 2.40. The Labute approximate surface area is 116 Å². The summed E-state index contributed by atoms with van der Waals surface area (Å²) < 4.78 is 0. The van der Waals surface area contributed by atoms with Crippen LogP contribution in [0.3, 0.4) is 0 Å². The largest absolute Gasteiger partial charge is 0.336 e. The normalized spacial score (nSPS) is 26.3. The second-order valence-corrected chi connectivity index (χ2v) is 6.08. The first-order valence-corrected chi connectivity index (χ1v) is 7.30. The van der Waals surface area contributed by atoms with Crippen molar-refractivity contribution in [3.05, 3.63) is 0 Å². The first-order chi connectivity index (χ1) is 8.27. The molecule has 2 aliphatic carbocycles. The van der Waals surface area contributed by atoms with Gasteiger partial charge in [0.05, 0.1) is 0 Å². The molecule has 3 fully saturated rings. The van der Waals surface area contributed by atoms with E-state index in [-0.39, 0.29) is 12.4 Å². The minimum Gasteiger partial charge on any atom is -0.336 e. The fourth-order valence-corrected chi connectivity index (χ4v) is 3.15. The highest BCUT2D eigenvalue weighted by Gasteiger charge is 2.43. The van der Waals surface area contributed by atoms with E-state index in [1.165, 1.54) is 25.7 Å². The van der Waals surface area contributed by atoms with Gasteiger partial charge in [-0.3, -0.25) is 4.79 Å². The highest BCUT2D eigenvalue weighted by atomic mass is 35.5. The van der Waals surface area contributed by atoms with Crippen molar-refractivity contribution in [1.82, 2.24) is 10.2 Å². The van der Waals surface area contributed by atoms with Crippen LogP contribution in [-0.2, 0) is 4.79 Å². The summed E-state index contributed by atoms with van der Waals surface area (Å²) in [7, 11) is 0. The first-order valence-electron chi connectivity index (χ1n) is 7.30. The van der Waals surface area contributed by atoms with Crippen molar-refractivity contribution in [1.29, 1.82) is 0 Å². The second kappa shape index (κ2) is 5.79. The molecule has 3 nitrogen and oxygen atoms in total. The van der Waals surface area contributed by atoms with E-state index < -0.39 is 0 Å². The molecule has 1 N–H and O–H groups in total. The van der Waals surface area contributed by atoms with Gasteiger partial charge in [0.15, 0.2) is 0 Å². The number of halogens is 1.